The molecule has 0 aliphatic rings. The fourth-order valence-electron chi connectivity index (χ4n) is 11.7. The number of carbonyl (C=O) groups is 3. The normalized spacial score (nSPS) is 12.0. The summed E-state index contributed by atoms with van der Waals surface area (Å²) in [5, 5.41) is 0. The van der Waals surface area contributed by atoms with Crippen LogP contribution < -0.4 is 0 Å². The first kappa shape index (κ1) is 79.2. The van der Waals surface area contributed by atoms with Crippen LogP contribution in [0.4, 0.5) is 0 Å². The van der Waals surface area contributed by atoms with Gasteiger partial charge in [-0.3, -0.25) is 14.4 Å². The van der Waals surface area contributed by atoms with Gasteiger partial charge in [-0.15, -0.1) is 0 Å². The van der Waals surface area contributed by atoms with Crippen molar-refractivity contribution in [2.24, 2.45) is 0 Å². The second-order valence-corrected chi connectivity index (χ2v) is 25.6. The summed E-state index contributed by atoms with van der Waals surface area (Å²) in [6.45, 7) is 6.69. The van der Waals surface area contributed by atoms with E-state index in [0.717, 1.165) is 64.2 Å². The van der Waals surface area contributed by atoms with Crippen LogP contribution in [0, 0.1) is 0 Å². The second kappa shape index (κ2) is 70.6. The van der Waals surface area contributed by atoms with Gasteiger partial charge in [0.1, 0.15) is 13.2 Å². The lowest BCUT2D eigenvalue weighted by Gasteiger charge is -2.18. The SMILES string of the molecule is CCCC/C=C\CCCCCCCC(=O)OCC(COC(=O)CCCCCCCCCCCCCCCCCCCCCCCCCCCCCCCCCCC)OC(=O)CCCCCCCCCCCCCCCCCCCCC. The van der Waals surface area contributed by atoms with Crippen LogP contribution in [0.25, 0.3) is 0 Å². The Hall–Kier alpha value is -1.85. The van der Waals surface area contributed by atoms with Crippen molar-refractivity contribution < 1.29 is 28.6 Å². The van der Waals surface area contributed by atoms with Crippen molar-refractivity contribution in [3.05, 3.63) is 12.2 Å². The second-order valence-electron chi connectivity index (χ2n) is 25.6. The Morgan fingerprint density at radius 1 is 0.235 bits per heavy atom. The average molecular weight is 1140 g/mol. The molecule has 0 radical (unpaired) electrons. The molecule has 0 spiro atoms. The standard InChI is InChI=1S/C75H144O6/c1-4-7-10-13-16-19-22-24-26-28-30-31-32-33-34-35-36-37-38-39-40-41-42-43-45-46-48-50-53-56-59-62-65-68-74(77)80-71-72(70-79-73(76)67-64-61-58-55-52-21-18-15-12-9-6-3)81-75(78)69-66-63-60-57-54-51-49-47-44-29-27-25-23-20-17-14-11-8-5-2/h15,18,72H,4-14,16-17,19-71H2,1-3H3/b18-15-. The van der Waals surface area contributed by atoms with Crippen molar-refractivity contribution in [3.8, 4) is 0 Å². The highest BCUT2D eigenvalue weighted by molar-refractivity contribution is 5.71. The van der Waals surface area contributed by atoms with Gasteiger partial charge >= 0.3 is 17.9 Å². The summed E-state index contributed by atoms with van der Waals surface area (Å²) in [6, 6.07) is 0. The number of hydrogen-bond acceptors (Lipinski definition) is 6. The summed E-state index contributed by atoms with van der Waals surface area (Å²) in [7, 11) is 0. The first-order valence-electron chi connectivity index (χ1n) is 37.2. The number of hydrogen-bond donors (Lipinski definition) is 0. The van der Waals surface area contributed by atoms with Crippen LogP contribution in [0.3, 0.4) is 0 Å². The van der Waals surface area contributed by atoms with E-state index in [1.807, 2.05) is 0 Å². The molecular formula is C75H144O6. The number of rotatable bonds is 70. The molecule has 0 aromatic heterocycles. The van der Waals surface area contributed by atoms with Crippen LogP contribution in [0.2, 0.25) is 0 Å². The van der Waals surface area contributed by atoms with Gasteiger partial charge in [0.2, 0.25) is 0 Å². The van der Waals surface area contributed by atoms with Crippen molar-refractivity contribution >= 4 is 17.9 Å². The highest BCUT2D eigenvalue weighted by Crippen LogP contribution is 2.20. The van der Waals surface area contributed by atoms with Crippen LogP contribution in [0.15, 0.2) is 12.2 Å². The topological polar surface area (TPSA) is 78.9 Å². The molecule has 0 saturated heterocycles. The third-order valence-electron chi connectivity index (χ3n) is 17.3. The van der Waals surface area contributed by atoms with Crippen LogP contribution >= 0.6 is 0 Å². The van der Waals surface area contributed by atoms with Gasteiger partial charge in [0.05, 0.1) is 0 Å². The van der Waals surface area contributed by atoms with Crippen molar-refractivity contribution in [1.82, 2.24) is 0 Å². The van der Waals surface area contributed by atoms with Gasteiger partial charge in [0.25, 0.3) is 0 Å². The summed E-state index contributed by atoms with van der Waals surface area (Å²) in [5.41, 5.74) is 0. The molecule has 0 fully saturated rings. The summed E-state index contributed by atoms with van der Waals surface area (Å²) >= 11 is 0. The van der Waals surface area contributed by atoms with E-state index in [1.54, 1.807) is 0 Å². The quantitative estimate of drug-likeness (QED) is 0.0261. The molecule has 0 N–H and O–H groups in total. The highest BCUT2D eigenvalue weighted by atomic mass is 16.6. The third-order valence-corrected chi connectivity index (χ3v) is 17.3. The van der Waals surface area contributed by atoms with Crippen LogP contribution in [-0.4, -0.2) is 37.2 Å². The molecular weight excluding hydrogens is 997 g/mol. The Balaban J connectivity index is 4.04. The number of unbranched alkanes of at least 4 members (excludes halogenated alkanes) is 57. The maximum Gasteiger partial charge on any atom is 0.306 e. The zero-order valence-electron chi connectivity index (χ0n) is 55.4. The van der Waals surface area contributed by atoms with E-state index < -0.39 is 6.10 Å². The van der Waals surface area contributed by atoms with Crippen molar-refractivity contribution in [1.29, 1.82) is 0 Å². The molecule has 81 heavy (non-hydrogen) atoms. The first-order chi connectivity index (χ1) is 40.0. The zero-order valence-corrected chi connectivity index (χ0v) is 55.4. The smallest absolute Gasteiger partial charge is 0.306 e. The third kappa shape index (κ3) is 68.8. The molecule has 0 saturated carbocycles. The molecule has 480 valence electrons. The molecule has 0 rings (SSSR count). The van der Waals surface area contributed by atoms with Crippen LogP contribution in [0.1, 0.15) is 432 Å². The Bertz CT molecular complexity index is 1260. The lowest BCUT2D eigenvalue weighted by molar-refractivity contribution is -0.167. The largest absolute Gasteiger partial charge is 0.462 e. The van der Waals surface area contributed by atoms with Gasteiger partial charge in [-0.05, 0) is 38.5 Å². The van der Waals surface area contributed by atoms with E-state index in [4.69, 9.17) is 14.2 Å². The number of carbonyl (C=O) groups excluding carboxylic acids is 3. The fourth-order valence-corrected chi connectivity index (χ4v) is 11.7. The number of ether oxygens (including phenoxy) is 3. The van der Waals surface area contributed by atoms with Gasteiger partial charge in [0.15, 0.2) is 6.10 Å². The van der Waals surface area contributed by atoms with Crippen molar-refractivity contribution in [3.63, 3.8) is 0 Å². The first-order valence-corrected chi connectivity index (χ1v) is 37.2. The van der Waals surface area contributed by atoms with Gasteiger partial charge < -0.3 is 14.2 Å². The maximum absolute atomic E-state index is 12.9. The predicted octanol–water partition coefficient (Wildman–Crippen LogP) is 25.6. The Labute approximate surface area is 507 Å². The molecule has 1 atom stereocenters. The van der Waals surface area contributed by atoms with Gasteiger partial charge in [-0.25, -0.2) is 0 Å². The van der Waals surface area contributed by atoms with E-state index >= 15 is 0 Å². The van der Waals surface area contributed by atoms with E-state index in [0.29, 0.717) is 19.3 Å². The number of allylic oxidation sites excluding steroid dienone is 2. The lowest BCUT2D eigenvalue weighted by Crippen LogP contribution is -2.30. The highest BCUT2D eigenvalue weighted by Gasteiger charge is 2.20. The van der Waals surface area contributed by atoms with Crippen LogP contribution in [0.5, 0.6) is 0 Å². The molecule has 0 aromatic carbocycles. The Kier molecular flexibility index (Phi) is 69.0. The Morgan fingerprint density at radius 3 is 0.654 bits per heavy atom. The summed E-state index contributed by atoms with van der Waals surface area (Å²) < 4.78 is 17.0. The van der Waals surface area contributed by atoms with E-state index in [1.165, 1.54) is 327 Å². The molecule has 0 heterocycles. The molecule has 0 aliphatic carbocycles. The fraction of sp³-hybridized carbons (Fsp3) is 0.933. The summed E-state index contributed by atoms with van der Waals surface area (Å²) in [6.07, 6.45) is 85.7. The minimum absolute atomic E-state index is 0.0659. The average Bonchev–Trinajstić information content (AvgIpc) is 3.47. The lowest BCUT2D eigenvalue weighted by atomic mass is 10.0. The monoisotopic (exact) mass is 1140 g/mol. The molecule has 6 nitrogen and oxygen atoms in total. The van der Waals surface area contributed by atoms with Gasteiger partial charge in [0, 0.05) is 19.3 Å². The van der Waals surface area contributed by atoms with E-state index in [2.05, 4.69) is 32.9 Å². The molecule has 0 bridgehead atoms. The van der Waals surface area contributed by atoms with Crippen molar-refractivity contribution in [2.45, 2.75) is 438 Å². The van der Waals surface area contributed by atoms with Crippen LogP contribution in [-0.2, 0) is 28.6 Å². The minimum Gasteiger partial charge on any atom is -0.462 e. The maximum atomic E-state index is 12.9. The molecule has 0 aromatic rings. The van der Waals surface area contributed by atoms with Crippen molar-refractivity contribution in [2.75, 3.05) is 13.2 Å². The van der Waals surface area contributed by atoms with E-state index in [-0.39, 0.29) is 31.1 Å². The molecule has 1 unspecified atom stereocenters. The molecule has 0 aliphatic heterocycles. The predicted molar refractivity (Wildman–Crippen MR) is 353 cm³/mol. The number of esters is 3. The minimum atomic E-state index is -0.769. The molecule has 0 amide bonds. The summed E-state index contributed by atoms with van der Waals surface area (Å²) in [5.74, 6) is -0.842. The Morgan fingerprint density at radius 2 is 0.420 bits per heavy atom. The summed E-state index contributed by atoms with van der Waals surface area (Å²) in [4.78, 5) is 38.4. The van der Waals surface area contributed by atoms with Gasteiger partial charge in [-0.2, -0.15) is 0 Å². The van der Waals surface area contributed by atoms with Gasteiger partial charge in [-0.1, -0.05) is 386 Å². The van der Waals surface area contributed by atoms with E-state index in [9.17, 15) is 14.4 Å². The zero-order chi connectivity index (χ0) is 58.5. The molecule has 6 heteroatoms.